The Morgan fingerprint density at radius 2 is 2.05 bits per heavy atom. The standard InChI is InChI=1S/C15H18N2O3S/c1-4-20-14(19)12-9(2)17(3)15(21)16-13(12)10-5-7-11(18)8-6-10/h5-8,13,18H,4H2,1-3H3,(H,16,21). The number of thiocarbonyl (C=S) groups is 1. The van der Waals surface area contributed by atoms with Gasteiger partial charge in [0.15, 0.2) is 5.11 Å². The molecule has 0 aliphatic carbocycles. The smallest absolute Gasteiger partial charge is 0.338 e. The van der Waals surface area contributed by atoms with Crippen molar-refractivity contribution in [2.24, 2.45) is 0 Å². The molecular formula is C15H18N2O3S. The zero-order valence-electron chi connectivity index (χ0n) is 12.2. The van der Waals surface area contributed by atoms with Crippen molar-refractivity contribution < 1.29 is 14.6 Å². The molecular weight excluding hydrogens is 288 g/mol. The van der Waals surface area contributed by atoms with Crippen LogP contribution >= 0.6 is 12.2 Å². The summed E-state index contributed by atoms with van der Waals surface area (Å²) in [7, 11) is 1.80. The van der Waals surface area contributed by atoms with Gasteiger partial charge in [-0.15, -0.1) is 0 Å². The minimum Gasteiger partial charge on any atom is -0.508 e. The minimum absolute atomic E-state index is 0.174. The van der Waals surface area contributed by atoms with Gasteiger partial charge in [-0.1, -0.05) is 12.1 Å². The molecule has 0 aromatic heterocycles. The van der Waals surface area contributed by atoms with E-state index in [9.17, 15) is 9.90 Å². The normalized spacial score (nSPS) is 18.5. The molecule has 1 heterocycles. The van der Waals surface area contributed by atoms with Crippen LogP contribution in [0, 0.1) is 0 Å². The van der Waals surface area contributed by atoms with Gasteiger partial charge in [0, 0.05) is 12.7 Å². The van der Waals surface area contributed by atoms with E-state index in [4.69, 9.17) is 17.0 Å². The van der Waals surface area contributed by atoms with Gasteiger partial charge in [-0.2, -0.15) is 0 Å². The Bertz CT molecular complexity index is 595. The monoisotopic (exact) mass is 306 g/mol. The van der Waals surface area contributed by atoms with E-state index in [-0.39, 0.29) is 17.8 Å². The lowest BCUT2D eigenvalue weighted by atomic mass is 9.95. The summed E-state index contributed by atoms with van der Waals surface area (Å²) in [4.78, 5) is 14.0. The number of phenols is 1. The van der Waals surface area contributed by atoms with Crippen LogP contribution in [0.1, 0.15) is 25.5 Å². The maximum absolute atomic E-state index is 12.3. The van der Waals surface area contributed by atoms with E-state index in [0.29, 0.717) is 17.3 Å². The Labute approximate surface area is 129 Å². The molecule has 1 atom stereocenters. The number of carbonyl (C=O) groups is 1. The van der Waals surface area contributed by atoms with Crippen molar-refractivity contribution >= 4 is 23.3 Å². The van der Waals surface area contributed by atoms with Gasteiger partial charge >= 0.3 is 5.97 Å². The molecule has 0 spiro atoms. The Balaban J connectivity index is 2.48. The number of esters is 1. The maximum Gasteiger partial charge on any atom is 0.338 e. The van der Waals surface area contributed by atoms with Gasteiger partial charge in [-0.3, -0.25) is 0 Å². The summed E-state index contributed by atoms with van der Waals surface area (Å²) in [6.45, 7) is 3.92. The molecule has 1 aliphatic heterocycles. The van der Waals surface area contributed by atoms with Gasteiger partial charge < -0.3 is 20.1 Å². The van der Waals surface area contributed by atoms with Crippen LogP contribution in [-0.4, -0.2) is 34.7 Å². The van der Waals surface area contributed by atoms with Crippen LogP contribution in [0.15, 0.2) is 35.5 Å². The fraction of sp³-hybridized carbons (Fsp3) is 0.333. The molecule has 0 saturated carbocycles. The van der Waals surface area contributed by atoms with Crippen molar-refractivity contribution in [1.82, 2.24) is 10.2 Å². The second-order valence-electron chi connectivity index (χ2n) is 4.75. The van der Waals surface area contributed by atoms with Gasteiger partial charge in [0.1, 0.15) is 5.75 Å². The molecule has 112 valence electrons. The first-order chi connectivity index (χ1) is 9.95. The summed E-state index contributed by atoms with van der Waals surface area (Å²) in [6.07, 6.45) is 0. The van der Waals surface area contributed by atoms with E-state index in [0.717, 1.165) is 11.3 Å². The number of hydrogen-bond acceptors (Lipinski definition) is 4. The predicted molar refractivity (Wildman–Crippen MR) is 83.7 cm³/mol. The molecule has 2 N–H and O–H groups in total. The van der Waals surface area contributed by atoms with Gasteiger partial charge in [-0.05, 0) is 43.8 Å². The van der Waals surface area contributed by atoms with E-state index in [1.165, 1.54) is 0 Å². The summed E-state index contributed by atoms with van der Waals surface area (Å²) in [5.41, 5.74) is 2.12. The highest BCUT2D eigenvalue weighted by molar-refractivity contribution is 7.80. The highest BCUT2D eigenvalue weighted by atomic mass is 32.1. The molecule has 1 aliphatic rings. The van der Waals surface area contributed by atoms with Crippen molar-refractivity contribution in [2.75, 3.05) is 13.7 Å². The Kier molecular flexibility index (Phi) is 4.47. The number of carbonyl (C=O) groups excluding carboxylic acids is 1. The molecule has 1 aromatic carbocycles. The first-order valence-electron chi connectivity index (χ1n) is 6.66. The summed E-state index contributed by atoms with van der Waals surface area (Å²) in [5, 5.41) is 13.1. The van der Waals surface area contributed by atoms with Crippen molar-refractivity contribution in [2.45, 2.75) is 19.9 Å². The molecule has 0 fully saturated rings. The van der Waals surface area contributed by atoms with Gasteiger partial charge in [0.2, 0.25) is 0 Å². The molecule has 0 amide bonds. The molecule has 1 aromatic rings. The number of aromatic hydroxyl groups is 1. The number of ether oxygens (including phenoxy) is 1. The third kappa shape index (κ3) is 3.00. The third-order valence-corrected chi connectivity index (χ3v) is 3.87. The number of rotatable bonds is 3. The molecule has 0 bridgehead atoms. The maximum atomic E-state index is 12.3. The molecule has 0 saturated heterocycles. The zero-order valence-corrected chi connectivity index (χ0v) is 13.0. The third-order valence-electron chi connectivity index (χ3n) is 3.48. The van der Waals surface area contributed by atoms with Gasteiger partial charge in [0.25, 0.3) is 0 Å². The Morgan fingerprint density at radius 3 is 2.62 bits per heavy atom. The molecule has 5 nitrogen and oxygen atoms in total. The second-order valence-corrected chi connectivity index (χ2v) is 5.14. The van der Waals surface area contributed by atoms with Crippen molar-refractivity contribution in [3.63, 3.8) is 0 Å². The molecule has 1 unspecified atom stereocenters. The van der Waals surface area contributed by atoms with E-state index in [2.05, 4.69) is 5.32 Å². The first-order valence-corrected chi connectivity index (χ1v) is 7.07. The molecule has 0 radical (unpaired) electrons. The lowest BCUT2D eigenvalue weighted by Gasteiger charge is -2.35. The average Bonchev–Trinajstić information content (AvgIpc) is 2.45. The van der Waals surface area contributed by atoms with Gasteiger partial charge in [-0.25, -0.2) is 4.79 Å². The zero-order chi connectivity index (χ0) is 15.6. The number of allylic oxidation sites excluding steroid dienone is 1. The quantitative estimate of drug-likeness (QED) is 0.659. The van der Waals surface area contributed by atoms with Crippen molar-refractivity contribution in [3.05, 3.63) is 41.1 Å². The van der Waals surface area contributed by atoms with Crippen LogP contribution in [0.3, 0.4) is 0 Å². The largest absolute Gasteiger partial charge is 0.508 e. The van der Waals surface area contributed by atoms with Crippen molar-refractivity contribution in [3.8, 4) is 5.75 Å². The summed E-state index contributed by atoms with van der Waals surface area (Å²) in [6, 6.07) is 6.29. The minimum atomic E-state index is -0.381. The first kappa shape index (κ1) is 15.3. The molecule has 6 heteroatoms. The summed E-state index contributed by atoms with van der Waals surface area (Å²) >= 11 is 5.29. The molecule has 2 rings (SSSR count). The number of nitrogens with zero attached hydrogens (tertiary/aromatic N) is 1. The van der Waals surface area contributed by atoms with E-state index < -0.39 is 0 Å². The van der Waals surface area contributed by atoms with Crippen LogP contribution in [0.5, 0.6) is 5.75 Å². The average molecular weight is 306 g/mol. The fourth-order valence-corrected chi connectivity index (χ4v) is 2.48. The Hall–Kier alpha value is -2.08. The van der Waals surface area contributed by atoms with Gasteiger partial charge in [0.05, 0.1) is 18.2 Å². The summed E-state index contributed by atoms with van der Waals surface area (Å²) in [5.74, 6) is -0.192. The Morgan fingerprint density at radius 1 is 1.43 bits per heavy atom. The number of benzene rings is 1. The predicted octanol–water partition coefficient (Wildman–Crippen LogP) is 2.09. The second kappa shape index (κ2) is 6.13. The van der Waals surface area contributed by atoms with Crippen LogP contribution < -0.4 is 5.32 Å². The lowest BCUT2D eigenvalue weighted by Crippen LogP contribution is -2.46. The number of hydrogen-bond donors (Lipinski definition) is 2. The van der Waals surface area contributed by atoms with Crippen molar-refractivity contribution in [1.29, 1.82) is 0 Å². The number of phenolic OH excluding ortho intramolecular Hbond substituents is 1. The van der Waals surface area contributed by atoms with Crippen LogP contribution in [0.25, 0.3) is 0 Å². The van der Waals surface area contributed by atoms with E-state index >= 15 is 0 Å². The molecule has 21 heavy (non-hydrogen) atoms. The lowest BCUT2D eigenvalue weighted by molar-refractivity contribution is -0.139. The highest BCUT2D eigenvalue weighted by Crippen LogP contribution is 2.31. The fourth-order valence-electron chi connectivity index (χ4n) is 2.23. The van der Waals surface area contributed by atoms with Crippen LogP contribution in [0.4, 0.5) is 0 Å². The van der Waals surface area contributed by atoms with E-state index in [1.54, 1.807) is 43.1 Å². The van der Waals surface area contributed by atoms with Crippen LogP contribution in [0.2, 0.25) is 0 Å². The van der Waals surface area contributed by atoms with E-state index in [1.807, 2.05) is 6.92 Å². The van der Waals surface area contributed by atoms with Crippen LogP contribution in [-0.2, 0) is 9.53 Å². The highest BCUT2D eigenvalue weighted by Gasteiger charge is 2.33. The summed E-state index contributed by atoms with van der Waals surface area (Å²) < 4.78 is 5.15. The topological polar surface area (TPSA) is 61.8 Å². The number of nitrogens with one attached hydrogen (secondary N) is 1. The SMILES string of the molecule is CCOC(=O)C1=C(C)N(C)C(=S)NC1c1ccc(O)cc1.